The highest BCUT2D eigenvalue weighted by atomic mass is 32.2. The normalized spacial score (nSPS) is 19.3. The number of anilines is 1. The Kier molecular flexibility index (Phi) is 3.72. The average molecular weight is 329 g/mol. The van der Waals surface area contributed by atoms with E-state index in [-0.39, 0.29) is 0 Å². The Morgan fingerprint density at radius 3 is 2.48 bits per heavy atom. The van der Waals surface area contributed by atoms with Gasteiger partial charge in [0.15, 0.2) is 0 Å². The number of fused-ring (bicyclic) bond motifs is 1. The van der Waals surface area contributed by atoms with Crippen LogP contribution < -0.4 is 15.2 Å². The molecule has 1 aliphatic heterocycles. The molecular formula is C16H15N3O3S. The van der Waals surface area contributed by atoms with Crippen LogP contribution >= 0.6 is 0 Å². The predicted molar refractivity (Wildman–Crippen MR) is 85.9 cm³/mol. The zero-order valence-electron chi connectivity index (χ0n) is 12.2. The van der Waals surface area contributed by atoms with Gasteiger partial charge in [0, 0.05) is 12.0 Å². The number of rotatable bonds is 4. The third-order valence-corrected chi connectivity index (χ3v) is 4.92. The van der Waals surface area contributed by atoms with Crippen LogP contribution in [0.1, 0.15) is 17.5 Å². The van der Waals surface area contributed by atoms with Gasteiger partial charge in [-0.1, -0.05) is 36.4 Å². The summed E-state index contributed by atoms with van der Waals surface area (Å²) in [5.41, 5.74) is 1.89. The number of nitriles is 1. The largest absolute Gasteiger partial charge is 0.447 e. The molecule has 0 saturated carbocycles. The van der Waals surface area contributed by atoms with E-state index in [0.29, 0.717) is 29.8 Å². The smallest absolute Gasteiger partial charge is 0.324 e. The third kappa shape index (κ3) is 2.63. The van der Waals surface area contributed by atoms with Crippen molar-refractivity contribution in [1.29, 1.82) is 5.26 Å². The monoisotopic (exact) mass is 329 g/mol. The van der Waals surface area contributed by atoms with Gasteiger partial charge in [0.25, 0.3) is 10.0 Å². The quantitative estimate of drug-likeness (QED) is 0.893. The molecule has 0 saturated heterocycles. The van der Waals surface area contributed by atoms with Gasteiger partial charge >= 0.3 is 5.06 Å². The summed E-state index contributed by atoms with van der Waals surface area (Å²) in [6.45, 7) is 0. The van der Waals surface area contributed by atoms with Gasteiger partial charge in [0.05, 0.1) is 11.8 Å². The zero-order chi connectivity index (χ0) is 16.5. The molecule has 1 heterocycles. The minimum absolute atomic E-state index is 0.386. The molecule has 0 aromatic heterocycles. The molecule has 1 unspecified atom stereocenters. The molecular weight excluding hydrogens is 314 g/mol. The summed E-state index contributed by atoms with van der Waals surface area (Å²) in [5, 5.41) is 15.1. The number of nitrogens with zero attached hydrogens (tertiary/aromatic N) is 1. The second kappa shape index (κ2) is 5.57. The van der Waals surface area contributed by atoms with Crippen LogP contribution in [0.3, 0.4) is 0 Å². The predicted octanol–water partition coefficient (Wildman–Crippen LogP) is 2.05. The Balaban J connectivity index is 2.01. The summed E-state index contributed by atoms with van der Waals surface area (Å²) in [5.74, 6) is 0.426. The van der Waals surface area contributed by atoms with Crippen LogP contribution in [0.2, 0.25) is 0 Å². The van der Waals surface area contributed by atoms with Gasteiger partial charge in [-0.15, -0.1) is 0 Å². The summed E-state index contributed by atoms with van der Waals surface area (Å²) in [6.07, 6.45) is 1.01. The molecule has 0 spiro atoms. The maximum atomic E-state index is 12.2. The minimum Gasteiger partial charge on any atom is -0.447 e. The summed E-state index contributed by atoms with van der Waals surface area (Å²) < 4.78 is 30.1. The van der Waals surface area contributed by atoms with Crippen LogP contribution in [0.15, 0.2) is 48.5 Å². The summed E-state index contributed by atoms with van der Waals surface area (Å²) in [4.78, 5) is 0. The lowest BCUT2D eigenvalue weighted by Crippen LogP contribution is -2.49. The van der Waals surface area contributed by atoms with Crippen molar-refractivity contribution >= 4 is 15.7 Å². The second-order valence-corrected chi connectivity index (χ2v) is 6.90. The Morgan fingerprint density at radius 2 is 1.87 bits per heavy atom. The first-order valence-corrected chi connectivity index (χ1v) is 8.56. The molecule has 2 aromatic rings. The molecule has 3 N–H and O–H groups in total. The Bertz CT molecular complexity index is 845. The molecule has 1 aliphatic rings. The highest BCUT2D eigenvalue weighted by Gasteiger charge is 2.50. The summed E-state index contributed by atoms with van der Waals surface area (Å²) in [7, 11) is -4.10. The molecule has 6 nitrogen and oxygen atoms in total. The number of benzene rings is 2. The fourth-order valence-corrected chi connectivity index (χ4v) is 3.45. The fourth-order valence-electron chi connectivity index (χ4n) is 2.53. The van der Waals surface area contributed by atoms with Crippen LogP contribution in [0.4, 0.5) is 5.69 Å². The maximum absolute atomic E-state index is 12.2. The van der Waals surface area contributed by atoms with E-state index in [0.717, 1.165) is 5.56 Å². The van der Waals surface area contributed by atoms with E-state index in [1.165, 1.54) is 0 Å². The van der Waals surface area contributed by atoms with Gasteiger partial charge in [-0.3, -0.25) is 0 Å². The van der Waals surface area contributed by atoms with Gasteiger partial charge in [-0.2, -0.15) is 5.26 Å². The zero-order valence-corrected chi connectivity index (χ0v) is 13.0. The van der Waals surface area contributed by atoms with Crippen molar-refractivity contribution in [3.8, 4) is 11.8 Å². The molecule has 118 valence electrons. The number of nitrogens with two attached hydrogens (primary N) is 1. The standard InChI is InChI=1S/C16H15N3O3S/c17-11-3-4-12-7-9-13(10-8-12)16(23(18,20)21)19-14-5-1-2-6-15(14)22-16/h1-2,5-10,19H,3-4H2,(H2,18,20,21). The number of para-hydroxylation sites is 2. The van der Waals surface area contributed by atoms with Gasteiger partial charge in [-0.25, -0.2) is 13.6 Å². The molecule has 7 heteroatoms. The van der Waals surface area contributed by atoms with Crippen molar-refractivity contribution in [2.75, 3.05) is 5.32 Å². The summed E-state index contributed by atoms with van der Waals surface area (Å²) in [6, 6.07) is 15.9. The van der Waals surface area contributed by atoms with Gasteiger partial charge in [0.2, 0.25) is 0 Å². The third-order valence-electron chi connectivity index (χ3n) is 3.70. The molecule has 0 amide bonds. The van der Waals surface area contributed by atoms with Gasteiger partial charge in [-0.05, 0) is 24.1 Å². The molecule has 0 bridgehead atoms. The van der Waals surface area contributed by atoms with Crippen LogP contribution in [-0.2, 0) is 21.5 Å². The van der Waals surface area contributed by atoms with Gasteiger partial charge < -0.3 is 10.1 Å². The van der Waals surface area contributed by atoms with E-state index in [4.69, 9.17) is 15.1 Å². The highest BCUT2D eigenvalue weighted by molar-refractivity contribution is 7.90. The number of nitrogens with one attached hydrogen (secondary N) is 1. The van der Waals surface area contributed by atoms with Crippen molar-refractivity contribution in [3.63, 3.8) is 0 Å². The first kappa shape index (κ1) is 15.3. The Morgan fingerprint density at radius 1 is 1.17 bits per heavy atom. The SMILES string of the molecule is N#CCCc1ccc(C2(S(N)(=O)=O)Nc3ccccc3O2)cc1. The van der Waals surface area contributed by atoms with Crippen LogP contribution in [0.25, 0.3) is 0 Å². The number of hydrogen-bond acceptors (Lipinski definition) is 5. The van der Waals surface area contributed by atoms with Crippen LogP contribution in [0.5, 0.6) is 5.75 Å². The Labute approximate surface area is 134 Å². The van der Waals surface area contributed by atoms with E-state index < -0.39 is 15.1 Å². The highest BCUT2D eigenvalue weighted by Crippen LogP contribution is 2.43. The van der Waals surface area contributed by atoms with E-state index in [1.54, 1.807) is 48.5 Å². The molecule has 23 heavy (non-hydrogen) atoms. The first-order valence-electron chi connectivity index (χ1n) is 7.01. The van der Waals surface area contributed by atoms with E-state index >= 15 is 0 Å². The number of sulfonamides is 1. The van der Waals surface area contributed by atoms with Gasteiger partial charge in [0.1, 0.15) is 5.75 Å². The van der Waals surface area contributed by atoms with Crippen molar-refractivity contribution in [2.45, 2.75) is 17.9 Å². The van der Waals surface area contributed by atoms with E-state index in [2.05, 4.69) is 11.4 Å². The number of aryl methyl sites for hydroxylation is 1. The molecule has 0 radical (unpaired) electrons. The number of ether oxygens (including phenoxy) is 1. The first-order chi connectivity index (χ1) is 11.0. The summed E-state index contributed by atoms with van der Waals surface area (Å²) >= 11 is 0. The van der Waals surface area contributed by atoms with Crippen molar-refractivity contribution < 1.29 is 13.2 Å². The molecule has 2 aromatic carbocycles. The molecule has 0 aliphatic carbocycles. The maximum Gasteiger partial charge on any atom is 0.324 e. The van der Waals surface area contributed by atoms with E-state index in [1.807, 2.05) is 0 Å². The number of primary sulfonamides is 1. The Hall–Kier alpha value is -2.56. The van der Waals surface area contributed by atoms with E-state index in [9.17, 15) is 8.42 Å². The average Bonchev–Trinajstić information content (AvgIpc) is 2.94. The fraction of sp³-hybridized carbons (Fsp3) is 0.188. The molecule has 3 rings (SSSR count). The lowest BCUT2D eigenvalue weighted by molar-refractivity contribution is 0.205. The van der Waals surface area contributed by atoms with Crippen LogP contribution in [-0.4, -0.2) is 8.42 Å². The molecule has 1 atom stereocenters. The van der Waals surface area contributed by atoms with Crippen molar-refractivity contribution in [3.05, 3.63) is 59.7 Å². The topological polar surface area (TPSA) is 105 Å². The lowest BCUT2D eigenvalue weighted by atomic mass is 10.1. The second-order valence-electron chi connectivity index (χ2n) is 5.24. The minimum atomic E-state index is -4.10. The molecule has 0 fully saturated rings. The van der Waals surface area contributed by atoms with Crippen LogP contribution in [0, 0.1) is 11.3 Å². The number of hydrogen-bond donors (Lipinski definition) is 2. The lowest BCUT2D eigenvalue weighted by Gasteiger charge is -2.27. The van der Waals surface area contributed by atoms with Crippen molar-refractivity contribution in [2.24, 2.45) is 5.14 Å². The van der Waals surface area contributed by atoms with Crippen molar-refractivity contribution in [1.82, 2.24) is 0 Å².